The van der Waals surface area contributed by atoms with Gasteiger partial charge in [-0.25, -0.2) is 4.39 Å². The van der Waals surface area contributed by atoms with Gasteiger partial charge in [-0.15, -0.1) is 0 Å². The van der Waals surface area contributed by atoms with Crippen molar-refractivity contribution in [2.24, 2.45) is 5.92 Å². The van der Waals surface area contributed by atoms with Crippen molar-refractivity contribution in [1.29, 1.82) is 0 Å². The van der Waals surface area contributed by atoms with E-state index in [9.17, 15) is 4.39 Å². The molecule has 1 aliphatic heterocycles. The molecule has 3 nitrogen and oxygen atoms in total. The summed E-state index contributed by atoms with van der Waals surface area (Å²) < 4.78 is 24.2. The van der Waals surface area contributed by atoms with Gasteiger partial charge in [0, 0.05) is 24.5 Å². The van der Waals surface area contributed by atoms with E-state index in [1.807, 2.05) is 0 Å². The van der Waals surface area contributed by atoms with E-state index in [0.29, 0.717) is 23.8 Å². The highest BCUT2D eigenvalue weighted by Crippen LogP contribution is 2.19. The quantitative estimate of drug-likeness (QED) is 0.820. The molecular formula is C13H18FNO2. The zero-order valence-electron chi connectivity index (χ0n) is 9.82. The summed E-state index contributed by atoms with van der Waals surface area (Å²) in [6.45, 7) is 2.50. The Kier molecular flexibility index (Phi) is 4.34. The molecule has 0 spiro atoms. The maximum atomic E-state index is 13.4. The molecule has 0 radical (unpaired) electrons. The van der Waals surface area contributed by atoms with Crippen LogP contribution in [0.1, 0.15) is 18.4 Å². The minimum Gasteiger partial charge on any atom is -0.398 e. The average molecular weight is 239 g/mol. The lowest BCUT2D eigenvalue weighted by Crippen LogP contribution is -2.20. The lowest BCUT2D eigenvalue weighted by molar-refractivity contribution is 0.0153. The second kappa shape index (κ2) is 5.98. The minimum absolute atomic E-state index is 0.246. The molecule has 0 saturated carbocycles. The predicted molar refractivity (Wildman–Crippen MR) is 64.0 cm³/mol. The smallest absolute Gasteiger partial charge is 0.130 e. The lowest BCUT2D eigenvalue weighted by Gasteiger charge is -2.21. The number of nitrogen functional groups attached to an aromatic ring is 1. The van der Waals surface area contributed by atoms with Crippen molar-refractivity contribution >= 4 is 5.69 Å². The van der Waals surface area contributed by atoms with Crippen LogP contribution < -0.4 is 5.73 Å². The lowest BCUT2D eigenvalue weighted by atomic mass is 10.0. The van der Waals surface area contributed by atoms with E-state index in [1.54, 1.807) is 12.1 Å². The summed E-state index contributed by atoms with van der Waals surface area (Å²) in [4.78, 5) is 0. The van der Waals surface area contributed by atoms with Gasteiger partial charge in [-0.2, -0.15) is 0 Å². The molecule has 0 atom stereocenters. The fourth-order valence-corrected chi connectivity index (χ4v) is 1.97. The third kappa shape index (κ3) is 3.41. The number of nitrogens with two attached hydrogens (primary N) is 1. The van der Waals surface area contributed by atoms with Crippen LogP contribution in [0.3, 0.4) is 0 Å². The number of rotatable bonds is 4. The molecule has 1 fully saturated rings. The third-order valence-electron chi connectivity index (χ3n) is 3.10. The van der Waals surface area contributed by atoms with E-state index in [-0.39, 0.29) is 12.4 Å². The molecule has 1 aromatic carbocycles. The van der Waals surface area contributed by atoms with Crippen molar-refractivity contribution < 1.29 is 13.9 Å². The summed E-state index contributed by atoms with van der Waals surface area (Å²) in [5.41, 5.74) is 6.61. The van der Waals surface area contributed by atoms with Crippen molar-refractivity contribution in [2.75, 3.05) is 25.6 Å². The van der Waals surface area contributed by atoms with Crippen molar-refractivity contribution in [3.05, 3.63) is 29.6 Å². The monoisotopic (exact) mass is 239 g/mol. The Morgan fingerprint density at radius 2 is 2.12 bits per heavy atom. The van der Waals surface area contributed by atoms with Crippen molar-refractivity contribution in [2.45, 2.75) is 19.4 Å². The molecule has 0 unspecified atom stereocenters. The molecule has 2 rings (SSSR count). The highest BCUT2D eigenvalue weighted by atomic mass is 19.1. The first-order valence-corrected chi connectivity index (χ1v) is 5.95. The first kappa shape index (κ1) is 12.3. The van der Waals surface area contributed by atoms with Crippen LogP contribution in [0.25, 0.3) is 0 Å². The second-order valence-corrected chi connectivity index (χ2v) is 4.38. The molecule has 4 heteroatoms. The maximum Gasteiger partial charge on any atom is 0.130 e. The van der Waals surface area contributed by atoms with Crippen molar-refractivity contribution in [3.63, 3.8) is 0 Å². The summed E-state index contributed by atoms with van der Waals surface area (Å²) in [6.07, 6.45) is 2.04. The number of hydrogen-bond donors (Lipinski definition) is 1. The SMILES string of the molecule is Nc1cccc(F)c1COCC1CCOCC1. The number of benzene rings is 1. The molecule has 94 valence electrons. The molecule has 2 N–H and O–H groups in total. The van der Waals surface area contributed by atoms with Crippen LogP contribution in [0.5, 0.6) is 0 Å². The summed E-state index contributed by atoms with van der Waals surface area (Å²) in [6, 6.07) is 4.70. The Hall–Kier alpha value is -1.13. The van der Waals surface area contributed by atoms with Gasteiger partial charge in [-0.05, 0) is 30.9 Å². The number of hydrogen-bond acceptors (Lipinski definition) is 3. The van der Waals surface area contributed by atoms with E-state index in [1.165, 1.54) is 6.07 Å². The van der Waals surface area contributed by atoms with Crippen molar-refractivity contribution in [3.8, 4) is 0 Å². The first-order chi connectivity index (χ1) is 8.27. The molecule has 1 heterocycles. The van der Waals surface area contributed by atoms with Crippen molar-refractivity contribution in [1.82, 2.24) is 0 Å². The fourth-order valence-electron chi connectivity index (χ4n) is 1.97. The summed E-state index contributed by atoms with van der Waals surface area (Å²) >= 11 is 0. The van der Waals surface area contributed by atoms with Gasteiger partial charge in [0.1, 0.15) is 5.82 Å². The maximum absolute atomic E-state index is 13.4. The largest absolute Gasteiger partial charge is 0.398 e. The molecule has 1 aromatic rings. The number of ether oxygens (including phenoxy) is 2. The van der Waals surface area contributed by atoms with Crippen LogP contribution in [0.2, 0.25) is 0 Å². The van der Waals surface area contributed by atoms with Gasteiger partial charge in [-0.1, -0.05) is 6.07 Å². The van der Waals surface area contributed by atoms with E-state index in [4.69, 9.17) is 15.2 Å². The van der Waals surface area contributed by atoms with Gasteiger partial charge in [0.2, 0.25) is 0 Å². The van der Waals surface area contributed by atoms with Gasteiger partial charge in [-0.3, -0.25) is 0 Å². The molecular weight excluding hydrogens is 221 g/mol. The van der Waals surface area contributed by atoms with E-state index in [0.717, 1.165) is 26.1 Å². The van der Waals surface area contributed by atoms with E-state index < -0.39 is 0 Å². The predicted octanol–water partition coefficient (Wildman–Crippen LogP) is 2.35. The summed E-state index contributed by atoms with van der Waals surface area (Å²) in [5, 5.41) is 0. The van der Waals surface area contributed by atoms with Gasteiger partial charge >= 0.3 is 0 Å². The van der Waals surface area contributed by atoms with Gasteiger partial charge in [0.25, 0.3) is 0 Å². The standard InChI is InChI=1S/C13H18FNO2/c14-12-2-1-3-13(15)11(12)9-17-8-10-4-6-16-7-5-10/h1-3,10H,4-9,15H2. The van der Waals surface area contributed by atoms with Crippen LogP contribution in [0.4, 0.5) is 10.1 Å². The minimum atomic E-state index is -0.294. The summed E-state index contributed by atoms with van der Waals surface area (Å²) in [5.74, 6) is 0.230. The zero-order chi connectivity index (χ0) is 12.1. The summed E-state index contributed by atoms with van der Waals surface area (Å²) in [7, 11) is 0. The van der Waals surface area contributed by atoms with Crippen LogP contribution in [0, 0.1) is 11.7 Å². The Morgan fingerprint density at radius 3 is 2.82 bits per heavy atom. The average Bonchev–Trinajstić information content (AvgIpc) is 2.34. The Labute approximate surface area is 101 Å². The van der Waals surface area contributed by atoms with Crippen LogP contribution in [0.15, 0.2) is 18.2 Å². The first-order valence-electron chi connectivity index (χ1n) is 5.95. The van der Waals surface area contributed by atoms with Gasteiger partial charge in [0.05, 0.1) is 13.2 Å². The van der Waals surface area contributed by atoms with E-state index in [2.05, 4.69) is 0 Å². The number of anilines is 1. The molecule has 17 heavy (non-hydrogen) atoms. The van der Waals surface area contributed by atoms with Gasteiger partial charge in [0.15, 0.2) is 0 Å². The molecule has 0 amide bonds. The van der Waals surface area contributed by atoms with Gasteiger partial charge < -0.3 is 15.2 Å². The Balaban J connectivity index is 1.81. The topological polar surface area (TPSA) is 44.5 Å². The molecule has 0 aliphatic carbocycles. The molecule has 0 aromatic heterocycles. The Morgan fingerprint density at radius 1 is 1.35 bits per heavy atom. The molecule has 0 bridgehead atoms. The van der Waals surface area contributed by atoms with E-state index >= 15 is 0 Å². The third-order valence-corrected chi connectivity index (χ3v) is 3.10. The number of halogens is 1. The van der Waals surface area contributed by atoms with Crippen LogP contribution in [-0.4, -0.2) is 19.8 Å². The fraction of sp³-hybridized carbons (Fsp3) is 0.538. The normalized spacial score (nSPS) is 17.2. The highest BCUT2D eigenvalue weighted by molar-refractivity contribution is 5.46. The Bertz CT molecular complexity index is 344. The second-order valence-electron chi connectivity index (χ2n) is 4.38. The molecule has 1 aliphatic rings. The zero-order valence-corrected chi connectivity index (χ0v) is 9.82. The highest BCUT2D eigenvalue weighted by Gasteiger charge is 2.14. The van der Waals surface area contributed by atoms with Crippen LogP contribution >= 0.6 is 0 Å². The van der Waals surface area contributed by atoms with Crippen LogP contribution in [-0.2, 0) is 16.1 Å². The molecule has 1 saturated heterocycles.